The normalized spacial score (nSPS) is 14.2. The molecule has 0 N–H and O–H groups in total. The van der Waals surface area contributed by atoms with Crippen LogP contribution in [0.3, 0.4) is 0 Å². The van der Waals surface area contributed by atoms with Gasteiger partial charge in [0.1, 0.15) is 10.4 Å². The maximum Gasteiger partial charge on any atom is 0.113 e. The lowest BCUT2D eigenvalue weighted by Gasteiger charge is -2.10. The van der Waals surface area contributed by atoms with E-state index in [-0.39, 0.29) is 0 Å². The van der Waals surface area contributed by atoms with E-state index in [1.807, 2.05) is 13.8 Å². The highest BCUT2D eigenvalue weighted by Gasteiger charge is 2.27. The van der Waals surface area contributed by atoms with E-state index < -0.39 is 5.41 Å². The molecule has 0 spiro atoms. The van der Waals surface area contributed by atoms with Crippen molar-refractivity contribution in [2.45, 2.75) is 38.5 Å². The number of hydrogen-bond acceptors (Lipinski definition) is 3. The molecule has 2 nitrogen and oxygen atoms in total. The third-order valence-corrected chi connectivity index (χ3v) is 5.07. The van der Waals surface area contributed by atoms with Crippen LogP contribution in [0.25, 0.3) is 11.3 Å². The van der Waals surface area contributed by atoms with Crippen molar-refractivity contribution in [3.8, 4) is 17.3 Å². The Kier molecular flexibility index (Phi) is 2.91. The van der Waals surface area contributed by atoms with Crippen LogP contribution >= 0.6 is 11.3 Å². The monoisotopic (exact) mass is 268 g/mol. The highest BCUT2D eigenvalue weighted by Crippen LogP contribution is 2.38. The molecule has 0 amide bonds. The summed E-state index contributed by atoms with van der Waals surface area (Å²) in [6.45, 7) is 3.88. The van der Waals surface area contributed by atoms with Crippen molar-refractivity contribution in [3.63, 3.8) is 0 Å². The molecule has 1 aliphatic carbocycles. The fraction of sp³-hybridized carbons (Fsp3) is 0.375. The minimum Gasteiger partial charge on any atom is -0.239 e. The molecule has 0 atom stereocenters. The van der Waals surface area contributed by atoms with Crippen molar-refractivity contribution in [1.29, 1.82) is 5.26 Å². The Labute approximate surface area is 117 Å². The Balaban J connectivity index is 2.18. The average Bonchev–Trinajstić information content (AvgIpc) is 2.77. The van der Waals surface area contributed by atoms with E-state index in [9.17, 15) is 5.26 Å². The van der Waals surface area contributed by atoms with E-state index in [4.69, 9.17) is 4.98 Å². The lowest BCUT2D eigenvalue weighted by atomic mass is 9.97. The van der Waals surface area contributed by atoms with Crippen molar-refractivity contribution in [2.24, 2.45) is 0 Å². The summed E-state index contributed by atoms with van der Waals surface area (Å²) in [6, 6.07) is 10.9. The van der Waals surface area contributed by atoms with Gasteiger partial charge in [-0.1, -0.05) is 24.3 Å². The third-order valence-electron chi connectivity index (χ3n) is 3.63. The average molecular weight is 268 g/mol. The van der Waals surface area contributed by atoms with Gasteiger partial charge in [0.15, 0.2) is 0 Å². The smallest absolute Gasteiger partial charge is 0.113 e. The number of fused-ring (bicyclic) bond motifs is 3. The van der Waals surface area contributed by atoms with E-state index in [1.165, 1.54) is 22.4 Å². The summed E-state index contributed by atoms with van der Waals surface area (Å²) in [5.41, 5.74) is 3.25. The van der Waals surface area contributed by atoms with Crippen LogP contribution in [0.4, 0.5) is 0 Å². The van der Waals surface area contributed by atoms with Gasteiger partial charge in [-0.15, -0.1) is 11.3 Å². The summed E-state index contributed by atoms with van der Waals surface area (Å²) in [6.07, 6.45) is 3.36. The lowest BCUT2D eigenvalue weighted by Crippen LogP contribution is -2.13. The summed E-state index contributed by atoms with van der Waals surface area (Å²) in [4.78, 5) is 6.13. The molecule has 3 rings (SSSR count). The summed E-state index contributed by atoms with van der Waals surface area (Å²) in [7, 11) is 0. The quantitative estimate of drug-likeness (QED) is 0.780. The van der Waals surface area contributed by atoms with Crippen molar-refractivity contribution in [2.75, 3.05) is 0 Å². The van der Waals surface area contributed by atoms with Crippen LogP contribution in [0.1, 0.15) is 35.7 Å². The fourth-order valence-corrected chi connectivity index (χ4v) is 3.63. The molecular weight excluding hydrogens is 252 g/mol. The standard InChI is InChI=1S/C16H16N2S/c1-16(2,10-17)15-18-14-12-8-4-3-6-11(12)7-5-9-13(14)19-15/h3-4,6,8H,5,7,9H2,1-2H3. The molecule has 0 fully saturated rings. The maximum absolute atomic E-state index is 9.28. The highest BCUT2D eigenvalue weighted by molar-refractivity contribution is 7.12. The molecule has 3 heteroatoms. The molecule has 0 radical (unpaired) electrons. The molecule has 1 aromatic heterocycles. The molecule has 2 aromatic rings. The summed E-state index contributed by atoms with van der Waals surface area (Å²) in [5, 5.41) is 10.2. The van der Waals surface area contributed by atoms with Crippen LogP contribution in [0.15, 0.2) is 24.3 Å². The summed E-state index contributed by atoms with van der Waals surface area (Å²) >= 11 is 1.71. The van der Waals surface area contributed by atoms with Crippen LogP contribution in [0.2, 0.25) is 0 Å². The van der Waals surface area contributed by atoms with E-state index >= 15 is 0 Å². The van der Waals surface area contributed by atoms with Crippen molar-refractivity contribution < 1.29 is 0 Å². The van der Waals surface area contributed by atoms with Gasteiger partial charge in [0.05, 0.1) is 11.8 Å². The van der Waals surface area contributed by atoms with Gasteiger partial charge >= 0.3 is 0 Å². The second-order valence-corrected chi connectivity index (χ2v) is 6.62. The van der Waals surface area contributed by atoms with Crippen molar-refractivity contribution >= 4 is 11.3 Å². The maximum atomic E-state index is 9.28. The van der Waals surface area contributed by atoms with E-state index in [2.05, 4.69) is 30.3 Å². The number of hydrogen-bond donors (Lipinski definition) is 0. The highest BCUT2D eigenvalue weighted by atomic mass is 32.1. The van der Waals surface area contributed by atoms with Gasteiger partial charge in [-0.05, 0) is 38.7 Å². The Morgan fingerprint density at radius 3 is 2.84 bits per heavy atom. The molecule has 19 heavy (non-hydrogen) atoms. The SMILES string of the molecule is CC(C)(C#N)c1nc2c(s1)CCCc1ccccc1-2. The Hall–Kier alpha value is -1.66. The molecule has 0 aliphatic heterocycles. The molecule has 0 saturated carbocycles. The summed E-state index contributed by atoms with van der Waals surface area (Å²) < 4.78 is 0. The topological polar surface area (TPSA) is 36.7 Å². The second-order valence-electron chi connectivity index (χ2n) is 5.54. The first-order valence-corrected chi connectivity index (χ1v) is 7.43. The predicted molar refractivity (Wildman–Crippen MR) is 78.2 cm³/mol. The fourth-order valence-electron chi connectivity index (χ4n) is 2.46. The zero-order valence-electron chi connectivity index (χ0n) is 11.2. The number of rotatable bonds is 1. The number of aryl methyl sites for hydroxylation is 2. The van der Waals surface area contributed by atoms with Crippen LogP contribution in [0, 0.1) is 11.3 Å². The number of thiazole rings is 1. The largest absolute Gasteiger partial charge is 0.239 e. The van der Waals surface area contributed by atoms with Crippen LogP contribution in [0.5, 0.6) is 0 Å². The Bertz CT molecular complexity index is 662. The number of nitrogens with zero attached hydrogens (tertiary/aromatic N) is 2. The zero-order valence-corrected chi connectivity index (χ0v) is 12.0. The Morgan fingerprint density at radius 2 is 2.05 bits per heavy atom. The molecule has 0 unspecified atom stereocenters. The van der Waals surface area contributed by atoms with Gasteiger partial charge in [0, 0.05) is 10.4 Å². The first-order chi connectivity index (χ1) is 9.12. The molecule has 1 heterocycles. The van der Waals surface area contributed by atoms with Crippen molar-refractivity contribution in [1.82, 2.24) is 4.98 Å². The molecule has 1 aliphatic rings. The number of benzene rings is 1. The van der Waals surface area contributed by atoms with Gasteiger partial charge in [0.25, 0.3) is 0 Å². The van der Waals surface area contributed by atoms with Crippen LogP contribution in [-0.4, -0.2) is 4.98 Å². The van der Waals surface area contributed by atoms with E-state index in [0.717, 1.165) is 23.5 Å². The van der Waals surface area contributed by atoms with Gasteiger partial charge in [-0.25, -0.2) is 4.98 Å². The third kappa shape index (κ3) is 2.06. The minimum absolute atomic E-state index is 0.494. The van der Waals surface area contributed by atoms with Gasteiger partial charge in [-0.3, -0.25) is 0 Å². The molecular formula is C16H16N2S. The first kappa shape index (κ1) is 12.4. The predicted octanol–water partition coefficient (Wildman–Crippen LogP) is 4.10. The molecule has 1 aromatic carbocycles. The second kappa shape index (κ2) is 4.47. The lowest BCUT2D eigenvalue weighted by molar-refractivity contribution is 0.680. The zero-order chi connectivity index (χ0) is 13.5. The number of nitriles is 1. The van der Waals surface area contributed by atoms with Crippen LogP contribution < -0.4 is 0 Å². The van der Waals surface area contributed by atoms with E-state index in [1.54, 1.807) is 11.3 Å². The minimum atomic E-state index is -0.494. The van der Waals surface area contributed by atoms with Gasteiger partial charge in [-0.2, -0.15) is 5.26 Å². The van der Waals surface area contributed by atoms with Crippen molar-refractivity contribution in [3.05, 3.63) is 39.7 Å². The van der Waals surface area contributed by atoms with Crippen LogP contribution in [-0.2, 0) is 18.3 Å². The first-order valence-electron chi connectivity index (χ1n) is 6.61. The number of aromatic nitrogens is 1. The van der Waals surface area contributed by atoms with Gasteiger partial charge in [0.2, 0.25) is 0 Å². The molecule has 0 saturated heterocycles. The Morgan fingerprint density at radius 1 is 1.26 bits per heavy atom. The molecule has 0 bridgehead atoms. The molecule has 96 valence electrons. The summed E-state index contributed by atoms with van der Waals surface area (Å²) in [5.74, 6) is 0. The van der Waals surface area contributed by atoms with E-state index in [0.29, 0.717) is 0 Å². The van der Waals surface area contributed by atoms with Gasteiger partial charge < -0.3 is 0 Å².